The van der Waals surface area contributed by atoms with Crippen molar-refractivity contribution in [1.82, 2.24) is 19.4 Å². The number of fused-ring (bicyclic) bond motifs is 1. The molecule has 3 heterocycles. The van der Waals surface area contributed by atoms with Crippen LogP contribution < -0.4 is 10.3 Å². The van der Waals surface area contributed by atoms with Crippen molar-refractivity contribution < 1.29 is 14.3 Å². The molecule has 0 spiro atoms. The molecule has 1 aliphatic rings. The third-order valence-electron chi connectivity index (χ3n) is 5.38. The number of hydrogen-bond acceptors (Lipinski definition) is 6. The van der Waals surface area contributed by atoms with E-state index in [2.05, 4.69) is 9.97 Å². The molecule has 0 aliphatic carbocycles. The number of carbonyl (C=O) groups excluding carboxylic acids is 1. The minimum absolute atomic E-state index is 0.135. The van der Waals surface area contributed by atoms with E-state index in [0.717, 1.165) is 11.1 Å². The van der Waals surface area contributed by atoms with Crippen LogP contribution in [0.4, 0.5) is 4.79 Å². The summed E-state index contributed by atoms with van der Waals surface area (Å²) >= 11 is 6.29. The Kier molecular flexibility index (Phi) is 6.08. The number of methoxy groups -OCH3 is 1. The van der Waals surface area contributed by atoms with Gasteiger partial charge in [0, 0.05) is 25.9 Å². The van der Waals surface area contributed by atoms with E-state index in [0.29, 0.717) is 43.6 Å². The van der Waals surface area contributed by atoms with E-state index in [-0.39, 0.29) is 28.6 Å². The number of piperidine rings is 1. The number of aromatic nitrogens is 3. The summed E-state index contributed by atoms with van der Waals surface area (Å²) in [5.41, 5.74) is 2.23. The van der Waals surface area contributed by atoms with Gasteiger partial charge in [-0.15, -0.1) is 0 Å². The van der Waals surface area contributed by atoms with Gasteiger partial charge in [0.1, 0.15) is 12.4 Å². The van der Waals surface area contributed by atoms with E-state index in [1.807, 2.05) is 31.2 Å². The average Bonchev–Trinajstić information content (AvgIpc) is 2.78. The number of rotatable bonds is 4. The molecule has 8 nitrogen and oxygen atoms in total. The summed E-state index contributed by atoms with van der Waals surface area (Å²) in [6.45, 7) is 3.48. The topological polar surface area (TPSA) is 86.5 Å². The number of carbonyl (C=O) groups is 1. The highest BCUT2D eigenvalue weighted by molar-refractivity contribution is 6.31. The molecule has 1 saturated heterocycles. The molecule has 1 aliphatic heterocycles. The minimum atomic E-state index is -0.343. The molecule has 1 fully saturated rings. The fourth-order valence-corrected chi connectivity index (χ4v) is 3.78. The molecule has 4 rings (SSSR count). The van der Waals surface area contributed by atoms with Gasteiger partial charge in [-0.25, -0.2) is 14.8 Å². The summed E-state index contributed by atoms with van der Waals surface area (Å²) in [6.07, 6.45) is 2.27. The molecule has 162 valence electrons. The van der Waals surface area contributed by atoms with Crippen LogP contribution in [0.3, 0.4) is 0 Å². The quantitative estimate of drug-likeness (QED) is 0.575. The molecule has 0 bridgehead atoms. The minimum Gasteiger partial charge on any atom is -0.487 e. The number of aryl methyl sites for hydroxylation is 1. The lowest BCUT2D eigenvalue weighted by Crippen LogP contribution is -2.41. The van der Waals surface area contributed by atoms with Gasteiger partial charge in [-0.1, -0.05) is 41.4 Å². The van der Waals surface area contributed by atoms with E-state index in [9.17, 15) is 9.59 Å². The van der Waals surface area contributed by atoms with Crippen molar-refractivity contribution in [2.75, 3.05) is 20.2 Å². The summed E-state index contributed by atoms with van der Waals surface area (Å²) in [7, 11) is 1.37. The SMILES string of the molecule is COC(=O)N1CCC(Oc2cc3c(=O)n(Cc4ccc(C)cc4)cnc3nc2Cl)CC1. The number of nitrogens with zero attached hydrogens (tertiary/aromatic N) is 4. The largest absolute Gasteiger partial charge is 0.487 e. The van der Waals surface area contributed by atoms with Crippen LogP contribution in [0, 0.1) is 6.92 Å². The molecule has 0 saturated carbocycles. The Hall–Kier alpha value is -3.13. The Balaban J connectivity index is 1.55. The molecular weight excluding hydrogens is 420 g/mol. The van der Waals surface area contributed by atoms with Gasteiger partial charge in [-0.05, 0) is 18.6 Å². The Labute approximate surface area is 184 Å². The van der Waals surface area contributed by atoms with Gasteiger partial charge >= 0.3 is 6.09 Å². The zero-order valence-electron chi connectivity index (χ0n) is 17.4. The van der Waals surface area contributed by atoms with Crippen molar-refractivity contribution in [2.24, 2.45) is 0 Å². The van der Waals surface area contributed by atoms with Crippen LogP contribution in [0.5, 0.6) is 5.75 Å². The maximum Gasteiger partial charge on any atom is 0.409 e. The highest BCUT2D eigenvalue weighted by atomic mass is 35.5. The Morgan fingerprint density at radius 1 is 1.23 bits per heavy atom. The van der Waals surface area contributed by atoms with E-state index in [1.54, 1.807) is 15.5 Å². The van der Waals surface area contributed by atoms with Gasteiger partial charge < -0.3 is 14.4 Å². The molecule has 1 aromatic carbocycles. The van der Waals surface area contributed by atoms with Crippen LogP contribution in [-0.4, -0.2) is 51.8 Å². The lowest BCUT2D eigenvalue weighted by atomic mass is 10.1. The molecule has 0 radical (unpaired) electrons. The van der Waals surface area contributed by atoms with E-state index in [4.69, 9.17) is 21.1 Å². The third kappa shape index (κ3) is 4.64. The summed E-state index contributed by atoms with van der Waals surface area (Å²) in [5.74, 6) is 0.345. The van der Waals surface area contributed by atoms with Crippen LogP contribution >= 0.6 is 11.6 Å². The zero-order chi connectivity index (χ0) is 22.0. The predicted octanol–water partition coefficient (Wildman–Crippen LogP) is 3.41. The molecular formula is C22H23ClN4O4. The number of amides is 1. The summed E-state index contributed by atoms with van der Waals surface area (Å²) in [6, 6.07) is 9.60. The molecule has 9 heteroatoms. The molecule has 2 aromatic heterocycles. The van der Waals surface area contributed by atoms with E-state index < -0.39 is 0 Å². The maximum atomic E-state index is 13.0. The second kappa shape index (κ2) is 8.93. The molecule has 1 amide bonds. The molecule has 3 aromatic rings. The van der Waals surface area contributed by atoms with Crippen molar-refractivity contribution in [3.63, 3.8) is 0 Å². The maximum absolute atomic E-state index is 13.0. The van der Waals surface area contributed by atoms with Crippen molar-refractivity contribution in [3.8, 4) is 5.75 Å². The van der Waals surface area contributed by atoms with Crippen LogP contribution in [0.15, 0.2) is 41.5 Å². The van der Waals surface area contributed by atoms with Crippen LogP contribution in [0.1, 0.15) is 24.0 Å². The lowest BCUT2D eigenvalue weighted by molar-refractivity contribution is 0.0790. The normalized spacial score (nSPS) is 14.6. The van der Waals surface area contributed by atoms with Gasteiger partial charge in [0.15, 0.2) is 16.5 Å². The first-order chi connectivity index (χ1) is 14.9. The molecule has 31 heavy (non-hydrogen) atoms. The molecule has 0 atom stereocenters. The number of ether oxygens (including phenoxy) is 2. The Morgan fingerprint density at radius 3 is 2.61 bits per heavy atom. The smallest absolute Gasteiger partial charge is 0.409 e. The first kappa shape index (κ1) is 21.1. The molecule has 0 unspecified atom stereocenters. The van der Waals surface area contributed by atoms with Crippen molar-refractivity contribution in [1.29, 1.82) is 0 Å². The van der Waals surface area contributed by atoms with Crippen molar-refractivity contribution >= 4 is 28.7 Å². The number of pyridine rings is 1. The summed E-state index contributed by atoms with van der Waals surface area (Å²) in [4.78, 5) is 34.8. The fraction of sp³-hybridized carbons (Fsp3) is 0.364. The number of halogens is 1. The Morgan fingerprint density at radius 2 is 1.94 bits per heavy atom. The number of hydrogen-bond donors (Lipinski definition) is 0. The van der Waals surface area contributed by atoms with E-state index >= 15 is 0 Å². The van der Waals surface area contributed by atoms with Crippen LogP contribution in [0.25, 0.3) is 11.0 Å². The standard InChI is InChI=1S/C22H23ClN4O4/c1-14-3-5-15(6-4-14)12-27-13-24-20-17(21(27)28)11-18(19(23)25-20)31-16-7-9-26(10-8-16)22(29)30-2/h3-6,11,13,16H,7-10,12H2,1-2H3. The summed E-state index contributed by atoms with van der Waals surface area (Å²) in [5, 5.41) is 0.507. The highest BCUT2D eigenvalue weighted by Gasteiger charge is 2.25. The third-order valence-corrected chi connectivity index (χ3v) is 5.65. The van der Waals surface area contributed by atoms with Gasteiger partial charge in [0.25, 0.3) is 5.56 Å². The fourth-order valence-electron chi connectivity index (χ4n) is 3.60. The predicted molar refractivity (Wildman–Crippen MR) is 117 cm³/mol. The van der Waals surface area contributed by atoms with Crippen LogP contribution in [0.2, 0.25) is 5.15 Å². The monoisotopic (exact) mass is 442 g/mol. The summed E-state index contributed by atoms with van der Waals surface area (Å²) < 4.78 is 12.3. The Bertz CT molecular complexity index is 1150. The number of benzene rings is 1. The van der Waals surface area contributed by atoms with Gasteiger partial charge in [0.2, 0.25) is 0 Å². The van der Waals surface area contributed by atoms with Gasteiger partial charge in [0.05, 0.1) is 19.0 Å². The first-order valence-corrected chi connectivity index (χ1v) is 10.4. The van der Waals surface area contributed by atoms with Crippen molar-refractivity contribution in [3.05, 3.63) is 63.3 Å². The number of likely N-dealkylation sites (tertiary alicyclic amines) is 1. The first-order valence-electron chi connectivity index (χ1n) is 10.1. The second-order valence-corrected chi connectivity index (χ2v) is 7.94. The van der Waals surface area contributed by atoms with Crippen molar-refractivity contribution in [2.45, 2.75) is 32.4 Å². The van der Waals surface area contributed by atoms with Gasteiger partial charge in [-0.2, -0.15) is 0 Å². The van der Waals surface area contributed by atoms with E-state index in [1.165, 1.54) is 13.4 Å². The van der Waals surface area contributed by atoms with Gasteiger partial charge in [-0.3, -0.25) is 9.36 Å². The average molecular weight is 443 g/mol. The lowest BCUT2D eigenvalue weighted by Gasteiger charge is -2.31. The highest BCUT2D eigenvalue weighted by Crippen LogP contribution is 2.28. The second-order valence-electron chi connectivity index (χ2n) is 7.59. The zero-order valence-corrected chi connectivity index (χ0v) is 18.1. The molecule has 0 N–H and O–H groups in total. The van der Waals surface area contributed by atoms with Crippen LogP contribution in [-0.2, 0) is 11.3 Å².